The van der Waals surface area contributed by atoms with E-state index in [1.165, 1.54) is 12.8 Å². The second kappa shape index (κ2) is 5.26. The lowest BCUT2D eigenvalue weighted by Gasteiger charge is -2.20. The molecule has 0 amide bonds. The minimum absolute atomic E-state index is 0.167. The summed E-state index contributed by atoms with van der Waals surface area (Å²) in [6.45, 7) is 5.28. The minimum atomic E-state index is -3.65. The molecule has 0 spiro atoms. The number of nitrogens with zero attached hydrogens (tertiary/aromatic N) is 1. The van der Waals surface area contributed by atoms with Gasteiger partial charge in [-0.05, 0) is 50.8 Å². The summed E-state index contributed by atoms with van der Waals surface area (Å²) in [5.41, 5.74) is 1.91. The SMILES string of the molecule is Cc1ccc(S(N)(=O)=O)cc1NC1CC(C)N(C2CC2)C1. The standard InChI is InChI=1S/C15H23N3O2S/c1-10-3-6-14(21(16,19)20)8-15(10)17-12-7-11(2)18(9-12)13-4-5-13/h3,6,8,11-13,17H,4-5,7,9H2,1-2H3,(H2,16,19,20). The summed E-state index contributed by atoms with van der Waals surface area (Å²) in [6, 6.07) is 6.74. The average Bonchev–Trinajstić information content (AvgIpc) is 3.16. The topological polar surface area (TPSA) is 75.4 Å². The molecule has 2 atom stereocenters. The highest BCUT2D eigenvalue weighted by Crippen LogP contribution is 2.34. The van der Waals surface area contributed by atoms with Crippen LogP contribution in [0.25, 0.3) is 0 Å². The molecule has 2 aliphatic rings. The van der Waals surface area contributed by atoms with Crippen molar-refractivity contribution in [2.45, 2.75) is 56.1 Å². The van der Waals surface area contributed by atoms with Gasteiger partial charge in [0.1, 0.15) is 0 Å². The molecule has 116 valence electrons. The van der Waals surface area contributed by atoms with Gasteiger partial charge in [-0.25, -0.2) is 13.6 Å². The van der Waals surface area contributed by atoms with Crippen molar-refractivity contribution >= 4 is 15.7 Å². The first-order valence-electron chi connectivity index (χ1n) is 7.50. The van der Waals surface area contributed by atoms with Gasteiger partial charge in [-0.15, -0.1) is 0 Å². The van der Waals surface area contributed by atoms with Crippen LogP contribution in [0.5, 0.6) is 0 Å². The zero-order valence-electron chi connectivity index (χ0n) is 12.5. The molecule has 0 bridgehead atoms. The van der Waals surface area contributed by atoms with E-state index in [-0.39, 0.29) is 4.90 Å². The molecular weight excluding hydrogens is 286 g/mol. The molecule has 6 heteroatoms. The molecule has 1 aromatic rings. The Morgan fingerprint density at radius 1 is 1.33 bits per heavy atom. The Balaban J connectivity index is 1.76. The van der Waals surface area contributed by atoms with Crippen molar-refractivity contribution in [3.05, 3.63) is 23.8 Å². The second-order valence-corrected chi connectivity index (χ2v) is 7.94. The number of primary sulfonamides is 1. The van der Waals surface area contributed by atoms with Gasteiger partial charge in [0.15, 0.2) is 0 Å². The number of rotatable bonds is 4. The fourth-order valence-electron chi connectivity index (χ4n) is 3.23. The van der Waals surface area contributed by atoms with Gasteiger partial charge < -0.3 is 5.32 Å². The first kappa shape index (κ1) is 14.8. The van der Waals surface area contributed by atoms with Gasteiger partial charge in [0, 0.05) is 30.4 Å². The van der Waals surface area contributed by atoms with Crippen LogP contribution in [0.15, 0.2) is 23.1 Å². The third kappa shape index (κ3) is 3.22. The molecule has 3 rings (SSSR count). The number of sulfonamides is 1. The van der Waals surface area contributed by atoms with Gasteiger partial charge in [0.05, 0.1) is 4.90 Å². The predicted octanol–water partition coefficient (Wildman–Crippen LogP) is 1.68. The van der Waals surface area contributed by atoms with Crippen LogP contribution in [0.4, 0.5) is 5.69 Å². The normalized spacial score (nSPS) is 27.0. The molecule has 1 aromatic carbocycles. The van der Waals surface area contributed by atoms with Crippen molar-refractivity contribution in [2.24, 2.45) is 5.14 Å². The minimum Gasteiger partial charge on any atom is -0.381 e. The van der Waals surface area contributed by atoms with E-state index in [1.54, 1.807) is 18.2 Å². The van der Waals surface area contributed by atoms with Crippen LogP contribution in [0.2, 0.25) is 0 Å². The summed E-state index contributed by atoms with van der Waals surface area (Å²) in [5, 5.41) is 8.72. The molecule has 1 saturated carbocycles. The number of benzene rings is 1. The van der Waals surface area contributed by atoms with E-state index in [9.17, 15) is 8.42 Å². The monoisotopic (exact) mass is 309 g/mol. The smallest absolute Gasteiger partial charge is 0.238 e. The lowest BCUT2D eigenvalue weighted by atomic mass is 10.1. The maximum absolute atomic E-state index is 11.5. The number of likely N-dealkylation sites (tertiary alicyclic amines) is 1. The van der Waals surface area contributed by atoms with Crippen molar-refractivity contribution in [2.75, 3.05) is 11.9 Å². The van der Waals surface area contributed by atoms with Crippen LogP contribution in [0, 0.1) is 6.92 Å². The highest BCUT2D eigenvalue weighted by molar-refractivity contribution is 7.89. The molecule has 2 unspecified atom stereocenters. The van der Waals surface area contributed by atoms with E-state index in [4.69, 9.17) is 5.14 Å². The number of anilines is 1. The highest BCUT2D eigenvalue weighted by atomic mass is 32.2. The summed E-state index contributed by atoms with van der Waals surface area (Å²) >= 11 is 0. The molecule has 3 N–H and O–H groups in total. The number of hydrogen-bond acceptors (Lipinski definition) is 4. The van der Waals surface area contributed by atoms with Crippen molar-refractivity contribution < 1.29 is 8.42 Å². The van der Waals surface area contributed by atoms with E-state index in [0.717, 1.165) is 30.3 Å². The van der Waals surface area contributed by atoms with E-state index in [1.807, 2.05) is 6.92 Å². The largest absolute Gasteiger partial charge is 0.381 e. The molecule has 1 heterocycles. The molecule has 1 aliphatic carbocycles. The third-order valence-corrected chi connectivity index (χ3v) is 5.45. The lowest BCUT2D eigenvalue weighted by Crippen LogP contribution is -2.31. The van der Waals surface area contributed by atoms with E-state index < -0.39 is 10.0 Å². The van der Waals surface area contributed by atoms with Crippen LogP contribution < -0.4 is 10.5 Å². The molecule has 5 nitrogen and oxygen atoms in total. The molecule has 21 heavy (non-hydrogen) atoms. The Kier molecular flexibility index (Phi) is 3.71. The zero-order chi connectivity index (χ0) is 15.2. The average molecular weight is 309 g/mol. The summed E-state index contributed by atoms with van der Waals surface area (Å²) in [5.74, 6) is 0. The van der Waals surface area contributed by atoms with E-state index in [2.05, 4.69) is 17.1 Å². The van der Waals surface area contributed by atoms with Gasteiger partial charge in [-0.1, -0.05) is 6.07 Å². The summed E-state index contributed by atoms with van der Waals surface area (Å²) in [6.07, 6.45) is 3.73. The maximum atomic E-state index is 11.5. The molecule has 2 fully saturated rings. The van der Waals surface area contributed by atoms with Crippen molar-refractivity contribution in [1.29, 1.82) is 0 Å². The predicted molar refractivity (Wildman–Crippen MR) is 83.8 cm³/mol. The number of nitrogens with two attached hydrogens (primary N) is 1. The van der Waals surface area contributed by atoms with Crippen LogP contribution in [0.1, 0.15) is 31.7 Å². The number of nitrogens with one attached hydrogen (secondary N) is 1. The molecular formula is C15H23N3O2S. The molecule has 0 aromatic heterocycles. The first-order chi connectivity index (χ1) is 9.84. The van der Waals surface area contributed by atoms with Crippen molar-refractivity contribution in [1.82, 2.24) is 4.90 Å². The maximum Gasteiger partial charge on any atom is 0.238 e. The molecule has 1 aliphatic heterocycles. The fourth-order valence-corrected chi connectivity index (χ4v) is 3.77. The molecule has 1 saturated heterocycles. The Labute approximate surface area is 126 Å². The van der Waals surface area contributed by atoms with Gasteiger partial charge in [-0.2, -0.15) is 0 Å². The zero-order valence-corrected chi connectivity index (χ0v) is 13.4. The first-order valence-corrected chi connectivity index (χ1v) is 9.05. The summed E-state index contributed by atoms with van der Waals surface area (Å²) in [4.78, 5) is 2.73. The highest BCUT2D eigenvalue weighted by Gasteiger charge is 2.38. The van der Waals surface area contributed by atoms with E-state index >= 15 is 0 Å². The van der Waals surface area contributed by atoms with Crippen molar-refractivity contribution in [3.8, 4) is 0 Å². The van der Waals surface area contributed by atoms with Gasteiger partial charge in [0.2, 0.25) is 10.0 Å². The number of hydrogen-bond donors (Lipinski definition) is 2. The second-order valence-electron chi connectivity index (χ2n) is 6.38. The Hall–Kier alpha value is -1.11. The number of aryl methyl sites for hydroxylation is 1. The van der Waals surface area contributed by atoms with Crippen LogP contribution in [0.3, 0.4) is 0 Å². The Morgan fingerprint density at radius 3 is 2.67 bits per heavy atom. The Morgan fingerprint density at radius 2 is 2.05 bits per heavy atom. The third-order valence-electron chi connectivity index (χ3n) is 4.54. The quantitative estimate of drug-likeness (QED) is 0.887. The Bertz CT molecular complexity index is 640. The summed E-state index contributed by atoms with van der Waals surface area (Å²) in [7, 11) is -3.65. The van der Waals surface area contributed by atoms with Gasteiger partial charge >= 0.3 is 0 Å². The van der Waals surface area contributed by atoms with Gasteiger partial charge in [-0.3, -0.25) is 4.90 Å². The van der Waals surface area contributed by atoms with Crippen LogP contribution in [-0.4, -0.2) is 38.0 Å². The van der Waals surface area contributed by atoms with E-state index in [0.29, 0.717) is 12.1 Å². The summed E-state index contributed by atoms with van der Waals surface area (Å²) < 4.78 is 23.0. The lowest BCUT2D eigenvalue weighted by molar-refractivity contribution is 0.257. The molecule has 0 radical (unpaired) electrons. The fraction of sp³-hybridized carbons (Fsp3) is 0.600. The van der Waals surface area contributed by atoms with Crippen molar-refractivity contribution in [3.63, 3.8) is 0 Å². The van der Waals surface area contributed by atoms with Crippen LogP contribution >= 0.6 is 0 Å². The van der Waals surface area contributed by atoms with Crippen LogP contribution in [-0.2, 0) is 10.0 Å². The van der Waals surface area contributed by atoms with Gasteiger partial charge in [0.25, 0.3) is 0 Å².